The van der Waals surface area contributed by atoms with Crippen LogP contribution in [0.25, 0.3) is 0 Å². The molecular weight excluding hydrogens is 532 g/mol. The van der Waals surface area contributed by atoms with E-state index in [2.05, 4.69) is 10.6 Å². The zero-order chi connectivity index (χ0) is 28.9. The molecule has 0 bridgehead atoms. The topological polar surface area (TPSA) is 128 Å². The third-order valence-corrected chi connectivity index (χ3v) is 8.70. The quantitative estimate of drug-likeness (QED) is 0.380. The molecule has 212 valence electrons. The first kappa shape index (κ1) is 29.1. The number of anilines is 2. The molecule has 1 aliphatic heterocycles. The van der Waals surface area contributed by atoms with Crippen LogP contribution in [0.3, 0.4) is 0 Å². The van der Waals surface area contributed by atoms with Gasteiger partial charge in [-0.1, -0.05) is 49.4 Å². The molecule has 3 aromatic rings. The Hall–Kier alpha value is -3.93. The van der Waals surface area contributed by atoms with Crippen LogP contribution in [0.15, 0.2) is 83.8 Å². The number of aliphatic hydroxyl groups excluding tert-OH is 1. The zero-order valence-electron chi connectivity index (χ0n) is 22.7. The van der Waals surface area contributed by atoms with Gasteiger partial charge in [0.2, 0.25) is 10.0 Å². The van der Waals surface area contributed by atoms with Crippen LogP contribution in [0, 0.1) is 5.92 Å². The number of aliphatic hydroxyl groups is 1. The number of benzene rings is 3. The van der Waals surface area contributed by atoms with Crippen molar-refractivity contribution in [2.75, 3.05) is 37.4 Å². The normalized spacial score (nSPS) is 18.2. The number of carbonyl (C=O) groups excluding carboxylic acids is 2. The van der Waals surface area contributed by atoms with Gasteiger partial charge in [0, 0.05) is 25.2 Å². The maximum absolute atomic E-state index is 13.6. The van der Waals surface area contributed by atoms with E-state index in [0.29, 0.717) is 5.69 Å². The second-order valence-corrected chi connectivity index (χ2v) is 11.9. The molecule has 3 N–H and O–H groups in total. The Labute approximate surface area is 234 Å². The molecule has 3 aromatic carbocycles. The van der Waals surface area contributed by atoms with Gasteiger partial charge in [-0.25, -0.2) is 13.2 Å². The number of rotatable bonds is 8. The average molecular weight is 567 g/mol. The first-order chi connectivity index (χ1) is 19.1. The van der Waals surface area contributed by atoms with Crippen LogP contribution in [-0.2, 0) is 10.0 Å². The molecule has 3 atom stereocenters. The Morgan fingerprint density at radius 1 is 1.05 bits per heavy atom. The number of fused-ring (bicyclic) bond motifs is 1. The van der Waals surface area contributed by atoms with Crippen molar-refractivity contribution in [2.45, 2.75) is 30.9 Å². The Balaban J connectivity index is 1.69. The van der Waals surface area contributed by atoms with E-state index >= 15 is 0 Å². The van der Waals surface area contributed by atoms with Crippen LogP contribution in [0.5, 0.6) is 5.75 Å². The summed E-state index contributed by atoms with van der Waals surface area (Å²) >= 11 is 0. The summed E-state index contributed by atoms with van der Waals surface area (Å²) in [5, 5.41) is 15.4. The number of ether oxygens (including phenoxy) is 1. The number of urea groups is 1. The fraction of sp³-hybridized carbons (Fsp3) is 0.310. The highest BCUT2D eigenvalue weighted by Crippen LogP contribution is 2.35. The first-order valence-electron chi connectivity index (χ1n) is 13.0. The minimum absolute atomic E-state index is 0.0160. The van der Waals surface area contributed by atoms with Crippen molar-refractivity contribution in [1.82, 2.24) is 9.21 Å². The van der Waals surface area contributed by atoms with E-state index in [1.54, 1.807) is 72.5 Å². The van der Waals surface area contributed by atoms with Crippen molar-refractivity contribution in [3.8, 4) is 5.75 Å². The zero-order valence-corrected chi connectivity index (χ0v) is 23.5. The lowest BCUT2D eigenvalue weighted by atomic mass is 9.99. The molecule has 0 unspecified atom stereocenters. The van der Waals surface area contributed by atoms with E-state index in [1.165, 1.54) is 23.5 Å². The summed E-state index contributed by atoms with van der Waals surface area (Å²) in [5.41, 5.74) is 1.03. The lowest BCUT2D eigenvalue weighted by Gasteiger charge is -2.38. The summed E-state index contributed by atoms with van der Waals surface area (Å²) in [4.78, 5) is 28.2. The highest BCUT2D eigenvalue weighted by molar-refractivity contribution is 7.89. The number of nitrogens with zero attached hydrogens (tertiary/aromatic N) is 2. The summed E-state index contributed by atoms with van der Waals surface area (Å²) < 4.78 is 34.2. The predicted molar refractivity (Wildman–Crippen MR) is 153 cm³/mol. The van der Waals surface area contributed by atoms with E-state index in [-0.39, 0.29) is 53.4 Å². The van der Waals surface area contributed by atoms with E-state index in [0.717, 1.165) is 0 Å². The average Bonchev–Trinajstić information content (AvgIpc) is 2.95. The number of para-hydroxylation sites is 2. The number of hydrogen-bond donors (Lipinski definition) is 3. The Morgan fingerprint density at radius 2 is 1.70 bits per heavy atom. The number of hydrogen-bond acceptors (Lipinski definition) is 6. The number of nitrogens with one attached hydrogen (secondary N) is 2. The second kappa shape index (κ2) is 12.5. The second-order valence-electron chi connectivity index (χ2n) is 9.85. The fourth-order valence-corrected chi connectivity index (χ4v) is 5.69. The monoisotopic (exact) mass is 566 g/mol. The minimum atomic E-state index is -3.82. The summed E-state index contributed by atoms with van der Waals surface area (Å²) in [6.45, 7) is 3.57. The number of likely N-dealkylation sites (N-methyl/N-ethyl adjacent to an activating group) is 1. The maximum Gasteiger partial charge on any atom is 0.323 e. The van der Waals surface area contributed by atoms with Gasteiger partial charge < -0.3 is 25.4 Å². The summed E-state index contributed by atoms with van der Waals surface area (Å²) in [7, 11) is -2.34. The molecule has 0 saturated heterocycles. The Morgan fingerprint density at radius 3 is 2.35 bits per heavy atom. The van der Waals surface area contributed by atoms with Gasteiger partial charge in [0.15, 0.2) is 5.75 Å². The smallest absolute Gasteiger partial charge is 0.323 e. The lowest BCUT2D eigenvalue weighted by Crippen LogP contribution is -2.50. The SMILES string of the molecule is C[C@@H]1CN([C@H](C)CO)C(=O)c2cccc(NC(=O)Nc3ccccc3)c2O[C@@H]1CN(C)S(=O)(=O)c1ccccc1. The van der Waals surface area contributed by atoms with Gasteiger partial charge in [-0.3, -0.25) is 4.79 Å². The number of sulfonamides is 1. The molecule has 0 radical (unpaired) electrons. The Kier molecular flexibility index (Phi) is 9.08. The molecular formula is C29H34N4O6S. The molecule has 11 heteroatoms. The molecule has 0 fully saturated rings. The van der Waals surface area contributed by atoms with E-state index in [1.807, 2.05) is 13.0 Å². The number of carbonyl (C=O) groups is 2. The van der Waals surface area contributed by atoms with Crippen LogP contribution in [0.4, 0.5) is 16.2 Å². The summed E-state index contributed by atoms with van der Waals surface area (Å²) in [6, 6.07) is 20.8. The molecule has 10 nitrogen and oxygen atoms in total. The Bertz CT molecular complexity index is 1440. The van der Waals surface area contributed by atoms with Gasteiger partial charge in [-0.05, 0) is 43.3 Å². The fourth-order valence-electron chi connectivity index (χ4n) is 4.49. The van der Waals surface area contributed by atoms with Crippen molar-refractivity contribution in [3.05, 3.63) is 84.4 Å². The standard InChI is InChI=1S/C29H34N4O6S/c1-20-17-33(21(2)19-34)28(35)24-15-10-16-25(31-29(36)30-22-11-6-4-7-12-22)27(24)39-26(20)18-32(3)40(37,38)23-13-8-5-9-14-23/h4-16,20-21,26,34H,17-19H2,1-3H3,(H2,30,31,36)/t20-,21-,26-/m1/s1. The van der Waals surface area contributed by atoms with Crippen molar-refractivity contribution < 1.29 is 27.9 Å². The molecule has 1 aliphatic rings. The van der Waals surface area contributed by atoms with Gasteiger partial charge in [-0.2, -0.15) is 4.31 Å². The van der Waals surface area contributed by atoms with Crippen molar-refractivity contribution in [2.24, 2.45) is 5.92 Å². The summed E-state index contributed by atoms with van der Waals surface area (Å²) in [5.74, 6) is -0.558. The van der Waals surface area contributed by atoms with Crippen LogP contribution in [0.2, 0.25) is 0 Å². The minimum Gasteiger partial charge on any atom is -0.486 e. The molecule has 3 amide bonds. The molecule has 0 saturated carbocycles. The molecule has 0 aromatic heterocycles. The van der Waals surface area contributed by atoms with Crippen LogP contribution >= 0.6 is 0 Å². The van der Waals surface area contributed by atoms with E-state index in [9.17, 15) is 23.1 Å². The molecule has 1 heterocycles. The van der Waals surface area contributed by atoms with Crippen LogP contribution in [0.1, 0.15) is 24.2 Å². The highest BCUT2D eigenvalue weighted by atomic mass is 32.2. The van der Waals surface area contributed by atoms with Gasteiger partial charge in [0.05, 0.1) is 35.3 Å². The predicted octanol–water partition coefficient (Wildman–Crippen LogP) is 3.87. The van der Waals surface area contributed by atoms with Gasteiger partial charge >= 0.3 is 6.03 Å². The van der Waals surface area contributed by atoms with Crippen molar-refractivity contribution >= 4 is 33.3 Å². The van der Waals surface area contributed by atoms with Gasteiger partial charge in [0.25, 0.3) is 5.91 Å². The highest BCUT2D eigenvalue weighted by Gasteiger charge is 2.36. The molecule has 0 spiro atoms. The van der Waals surface area contributed by atoms with E-state index < -0.39 is 28.2 Å². The molecule has 0 aliphatic carbocycles. The maximum atomic E-state index is 13.6. The van der Waals surface area contributed by atoms with Gasteiger partial charge in [0.1, 0.15) is 6.10 Å². The summed E-state index contributed by atoms with van der Waals surface area (Å²) in [6.07, 6.45) is -0.691. The van der Waals surface area contributed by atoms with E-state index in [4.69, 9.17) is 4.74 Å². The third kappa shape index (κ3) is 6.44. The van der Waals surface area contributed by atoms with Crippen LogP contribution < -0.4 is 15.4 Å². The third-order valence-electron chi connectivity index (χ3n) is 6.86. The largest absolute Gasteiger partial charge is 0.486 e. The number of amides is 3. The molecule has 40 heavy (non-hydrogen) atoms. The lowest BCUT2D eigenvalue weighted by molar-refractivity contribution is 0.0389. The molecule has 4 rings (SSSR count). The first-order valence-corrected chi connectivity index (χ1v) is 14.4. The van der Waals surface area contributed by atoms with Gasteiger partial charge in [-0.15, -0.1) is 0 Å². The van der Waals surface area contributed by atoms with Crippen LogP contribution in [-0.4, -0.2) is 73.6 Å². The van der Waals surface area contributed by atoms with Crippen molar-refractivity contribution in [3.63, 3.8) is 0 Å². The van der Waals surface area contributed by atoms with Crippen molar-refractivity contribution in [1.29, 1.82) is 0 Å².